The summed E-state index contributed by atoms with van der Waals surface area (Å²) in [5.74, 6) is -1.01. The van der Waals surface area contributed by atoms with Crippen LogP contribution < -0.4 is 0 Å². The van der Waals surface area contributed by atoms with Crippen LogP contribution in [0.15, 0.2) is 16.8 Å². The lowest BCUT2D eigenvalue weighted by atomic mass is 9.76. The molecule has 0 bridgehead atoms. The molecule has 4 nitrogen and oxygen atoms in total. The van der Waals surface area contributed by atoms with E-state index >= 15 is 0 Å². The van der Waals surface area contributed by atoms with Gasteiger partial charge in [-0.25, -0.2) is 0 Å². The van der Waals surface area contributed by atoms with Crippen molar-refractivity contribution in [1.29, 1.82) is 0 Å². The largest absolute Gasteiger partial charge is 0.481 e. The highest BCUT2D eigenvalue weighted by atomic mass is 32.1. The summed E-state index contributed by atoms with van der Waals surface area (Å²) < 4.78 is 0. The van der Waals surface area contributed by atoms with Gasteiger partial charge in [-0.3, -0.25) is 9.59 Å². The molecule has 116 valence electrons. The molecular formula is C16H23NO3S. The minimum absolute atomic E-state index is 0.0395. The van der Waals surface area contributed by atoms with Crippen molar-refractivity contribution in [1.82, 2.24) is 4.90 Å². The van der Waals surface area contributed by atoms with Crippen LogP contribution >= 0.6 is 11.3 Å². The molecule has 2 rings (SSSR count). The van der Waals surface area contributed by atoms with E-state index in [0.29, 0.717) is 0 Å². The maximum atomic E-state index is 12.6. The number of thiophene rings is 1. The van der Waals surface area contributed by atoms with Gasteiger partial charge in [-0.2, -0.15) is 11.3 Å². The van der Waals surface area contributed by atoms with E-state index < -0.39 is 11.4 Å². The van der Waals surface area contributed by atoms with Crippen molar-refractivity contribution in [2.75, 3.05) is 6.54 Å². The number of amides is 1. The predicted octanol–water partition coefficient (Wildman–Crippen LogP) is 3.55. The van der Waals surface area contributed by atoms with Gasteiger partial charge < -0.3 is 10.0 Å². The van der Waals surface area contributed by atoms with E-state index in [1.165, 1.54) is 5.56 Å². The fourth-order valence-electron chi connectivity index (χ4n) is 2.82. The van der Waals surface area contributed by atoms with E-state index in [0.717, 1.165) is 19.4 Å². The summed E-state index contributed by atoms with van der Waals surface area (Å²) in [6.45, 7) is 6.13. The first-order valence-corrected chi connectivity index (χ1v) is 8.35. The first-order chi connectivity index (χ1) is 9.86. The molecule has 5 heteroatoms. The Hall–Kier alpha value is -1.36. The molecule has 1 aromatic rings. The Kier molecular flexibility index (Phi) is 4.71. The van der Waals surface area contributed by atoms with Gasteiger partial charge in [-0.05, 0) is 48.1 Å². The zero-order chi connectivity index (χ0) is 15.6. The molecule has 1 aliphatic heterocycles. The lowest BCUT2D eigenvalue weighted by molar-refractivity contribution is -0.155. The van der Waals surface area contributed by atoms with Crippen molar-refractivity contribution in [3.63, 3.8) is 0 Å². The maximum Gasteiger partial charge on any atom is 0.310 e. The third-order valence-corrected chi connectivity index (χ3v) is 5.48. The lowest BCUT2D eigenvalue weighted by Crippen LogP contribution is -2.40. The number of carbonyl (C=O) groups excluding carboxylic acids is 1. The number of carbonyl (C=O) groups is 2. The van der Waals surface area contributed by atoms with Crippen molar-refractivity contribution in [3.8, 4) is 0 Å². The molecule has 21 heavy (non-hydrogen) atoms. The zero-order valence-corrected chi connectivity index (χ0v) is 13.7. The van der Waals surface area contributed by atoms with Crippen LogP contribution in [0, 0.1) is 11.3 Å². The van der Waals surface area contributed by atoms with E-state index in [9.17, 15) is 14.7 Å². The van der Waals surface area contributed by atoms with Crippen LogP contribution in [0.5, 0.6) is 0 Å². The number of nitrogens with zero attached hydrogens (tertiary/aromatic N) is 1. The minimum Gasteiger partial charge on any atom is -0.481 e. The van der Waals surface area contributed by atoms with Gasteiger partial charge in [0.15, 0.2) is 0 Å². The second-order valence-corrected chi connectivity index (χ2v) is 7.14. The summed E-state index contributed by atoms with van der Waals surface area (Å²) in [5.41, 5.74) is 0.172. The standard InChI is InChI=1S/C16H23NO3S/c1-11(2)16(3,15(19)20)9-14(18)17-7-4-5-13(17)12-6-8-21-10-12/h6,8,10-11,13H,4-5,7,9H2,1-3H3,(H,19,20). The Morgan fingerprint density at radius 2 is 2.24 bits per heavy atom. The molecule has 1 amide bonds. The third kappa shape index (κ3) is 3.12. The van der Waals surface area contributed by atoms with Crippen LogP contribution in [-0.4, -0.2) is 28.4 Å². The second-order valence-electron chi connectivity index (χ2n) is 6.36. The van der Waals surface area contributed by atoms with Crippen molar-refractivity contribution in [2.45, 2.75) is 46.1 Å². The topological polar surface area (TPSA) is 57.6 Å². The van der Waals surface area contributed by atoms with Crippen LogP contribution in [0.3, 0.4) is 0 Å². The summed E-state index contributed by atoms with van der Waals surface area (Å²) in [4.78, 5) is 26.1. The molecule has 2 atom stereocenters. The Morgan fingerprint density at radius 3 is 2.76 bits per heavy atom. The summed E-state index contributed by atoms with van der Waals surface area (Å²) in [7, 11) is 0. The SMILES string of the molecule is CC(C)C(C)(CC(=O)N1CCCC1c1ccsc1)C(=O)O. The van der Waals surface area contributed by atoms with Crippen LogP contribution in [0.1, 0.15) is 51.6 Å². The molecule has 1 saturated heterocycles. The Morgan fingerprint density at radius 1 is 1.52 bits per heavy atom. The molecule has 0 spiro atoms. The Balaban J connectivity index is 2.14. The molecule has 2 unspecified atom stereocenters. The van der Waals surface area contributed by atoms with Crippen LogP contribution in [0.4, 0.5) is 0 Å². The second kappa shape index (κ2) is 6.18. The Bertz CT molecular complexity index is 512. The van der Waals surface area contributed by atoms with E-state index in [-0.39, 0.29) is 24.3 Å². The molecule has 0 aliphatic carbocycles. The number of hydrogen-bond acceptors (Lipinski definition) is 3. The van der Waals surface area contributed by atoms with Crippen molar-refractivity contribution in [3.05, 3.63) is 22.4 Å². The lowest BCUT2D eigenvalue weighted by Gasteiger charge is -2.32. The molecule has 1 aliphatic rings. The molecule has 2 heterocycles. The van der Waals surface area contributed by atoms with Gasteiger partial charge in [-0.1, -0.05) is 13.8 Å². The van der Waals surface area contributed by atoms with Crippen molar-refractivity contribution in [2.24, 2.45) is 11.3 Å². The third-order valence-electron chi connectivity index (χ3n) is 4.78. The predicted molar refractivity (Wildman–Crippen MR) is 83.2 cm³/mol. The number of aliphatic carboxylic acids is 1. The summed E-state index contributed by atoms with van der Waals surface area (Å²) in [5, 5.41) is 13.6. The van der Waals surface area contributed by atoms with Crippen LogP contribution in [0.25, 0.3) is 0 Å². The van der Waals surface area contributed by atoms with Gasteiger partial charge in [0.2, 0.25) is 5.91 Å². The number of hydrogen-bond donors (Lipinski definition) is 1. The monoisotopic (exact) mass is 309 g/mol. The van der Waals surface area contributed by atoms with Crippen LogP contribution in [-0.2, 0) is 9.59 Å². The normalized spacial score (nSPS) is 21.5. The quantitative estimate of drug-likeness (QED) is 0.905. The maximum absolute atomic E-state index is 12.6. The fraction of sp³-hybridized carbons (Fsp3) is 0.625. The average molecular weight is 309 g/mol. The number of carboxylic acid groups (broad SMARTS) is 1. The smallest absolute Gasteiger partial charge is 0.310 e. The first kappa shape index (κ1) is 16.0. The minimum atomic E-state index is -1.00. The van der Waals surface area contributed by atoms with Gasteiger partial charge >= 0.3 is 5.97 Å². The highest BCUT2D eigenvalue weighted by Crippen LogP contribution is 2.37. The van der Waals surface area contributed by atoms with E-state index in [1.54, 1.807) is 18.3 Å². The van der Waals surface area contributed by atoms with E-state index in [2.05, 4.69) is 11.4 Å². The highest BCUT2D eigenvalue weighted by molar-refractivity contribution is 7.07. The first-order valence-electron chi connectivity index (χ1n) is 7.41. The van der Waals surface area contributed by atoms with Gasteiger partial charge in [0.25, 0.3) is 0 Å². The molecule has 1 aromatic heterocycles. The van der Waals surface area contributed by atoms with Gasteiger partial charge in [0, 0.05) is 13.0 Å². The number of carboxylic acids is 1. The summed E-state index contributed by atoms with van der Waals surface area (Å²) in [6, 6.07) is 2.17. The number of rotatable bonds is 5. The average Bonchev–Trinajstić information content (AvgIpc) is 3.08. The van der Waals surface area contributed by atoms with E-state index in [4.69, 9.17) is 0 Å². The van der Waals surface area contributed by atoms with Crippen molar-refractivity contribution < 1.29 is 14.7 Å². The zero-order valence-electron chi connectivity index (χ0n) is 12.8. The van der Waals surface area contributed by atoms with Gasteiger partial charge in [0.05, 0.1) is 11.5 Å². The summed E-state index contributed by atoms with van der Waals surface area (Å²) >= 11 is 1.63. The summed E-state index contributed by atoms with van der Waals surface area (Å²) in [6.07, 6.45) is 2.02. The highest BCUT2D eigenvalue weighted by Gasteiger charge is 2.41. The molecule has 1 N–H and O–H groups in total. The molecule has 0 radical (unpaired) electrons. The molecular weight excluding hydrogens is 286 g/mol. The molecule has 0 saturated carbocycles. The van der Waals surface area contributed by atoms with Gasteiger partial charge in [0.1, 0.15) is 0 Å². The Labute approximate surface area is 129 Å². The number of likely N-dealkylation sites (tertiary alicyclic amines) is 1. The van der Waals surface area contributed by atoms with E-state index in [1.807, 2.05) is 24.1 Å². The van der Waals surface area contributed by atoms with Gasteiger partial charge in [-0.15, -0.1) is 0 Å². The molecule has 0 aromatic carbocycles. The fourth-order valence-corrected chi connectivity index (χ4v) is 3.53. The molecule has 1 fully saturated rings. The van der Waals surface area contributed by atoms with Crippen LogP contribution in [0.2, 0.25) is 0 Å². The van der Waals surface area contributed by atoms with Crippen molar-refractivity contribution >= 4 is 23.2 Å².